The van der Waals surface area contributed by atoms with Gasteiger partial charge < -0.3 is 10.1 Å². The van der Waals surface area contributed by atoms with Gasteiger partial charge in [-0.2, -0.15) is 0 Å². The van der Waals surface area contributed by atoms with E-state index in [4.69, 9.17) is 4.74 Å². The molecule has 4 aromatic rings. The number of nitrogens with one attached hydrogen (secondary N) is 1. The quantitative estimate of drug-likeness (QED) is 0.161. The van der Waals surface area contributed by atoms with Gasteiger partial charge in [-0.25, -0.2) is 4.79 Å². The fraction of sp³-hybridized carbons (Fsp3) is 0.0690. The Bertz CT molecular complexity index is 1310. The molecule has 0 aliphatic rings. The van der Waals surface area contributed by atoms with Crippen LogP contribution in [0.3, 0.4) is 0 Å². The first-order chi connectivity index (χ1) is 17.0. The minimum atomic E-state index is -1.10. The first-order valence-electron chi connectivity index (χ1n) is 11.0. The average Bonchev–Trinajstić information content (AvgIpc) is 2.92. The summed E-state index contributed by atoms with van der Waals surface area (Å²) in [5.41, 5.74) is 2.40. The summed E-state index contributed by atoms with van der Waals surface area (Å²) in [6.07, 6.45) is -1.10. The molecule has 0 saturated heterocycles. The van der Waals surface area contributed by atoms with Crippen molar-refractivity contribution in [3.05, 3.63) is 138 Å². The minimum Gasteiger partial charge on any atom is -0.449 e. The zero-order valence-electron chi connectivity index (χ0n) is 18.6. The van der Waals surface area contributed by atoms with E-state index in [1.165, 1.54) is 6.07 Å². The molecule has 0 unspecified atom stereocenters. The number of ketones is 1. The number of ether oxygens (including phenoxy) is 1. The van der Waals surface area contributed by atoms with E-state index in [1.54, 1.807) is 66.7 Å². The summed E-state index contributed by atoms with van der Waals surface area (Å²) in [5, 5.41) is 2.78. The van der Waals surface area contributed by atoms with Crippen LogP contribution in [-0.4, -0.2) is 23.8 Å². The van der Waals surface area contributed by atoms with E-state index in [9.17, 15) is 14.4 Å². The second kappa shape index (κ2) is 11.4. The lowest BCUT2D eigenvalue weighted by atomic mass is 9.99. The molecule has 1 amide bonds. The van der Waals surface area contributed by atoms with E-state index in [2.05, 4.69) is 21.2 Å². The summed E-state index contributed by atoms with van der Waals surface area (Å²) in [6, 6.07) is 33.2. The van der Waals surface area contributed by atoms with E-state index in [-0.39, 0.29) is 17.3 Å². The van der Waals surface area contributed by atoms with Crippen molar-refractivity contribution in [1.29, 1.82) is 0 Å². The van der Waals surface area contributed by atoms with Crippen molar-refractivity contribution in [2.24, 2.45) is 0 Å². The van der Waals surface area contributed by atoms with Gasteiger partial charge in [0.15, 0.2) is 6.10 Å². The number of benzene rings is 4. The Kier molecular flexibility index (Phi) is 7.85. The maximum Gasteiger partial charge on any atom is 0.338 e. The molecule has 0 radical (unpaired) electrons. The van der Waals surface area contributed by atoms with Gasteiger partial charge in [-0.15, -0.1) is 0 Å². The Morgan fingerprint density at radius 3 is 1.83 bits per heavy atom. The molecule has 174 valence electrons. The second-order valence-electron chi connectivity index (χ2n) is 7.77. The first kappa shape index (κ1) is 24.1. The molecular formula is C29H22BrNO4. The number of carbonyl (C=O) groups is 3. The van der Waals surface area contributed by atoms with Crippen LogP contribution >= 0.6 is 15.9 Å². The number of alkyl halides is 1. The smallest absolute Gasteiger partial charge is 0.338 e. The molecule has 0 bridgehead atoms. The van der Waals surface area contributed by atoms with Crippen molar-refractivity contribution in [3.8, 4) is 0 Å². The van der Waals surface area contributed by atoms with E-state index in [0.717, 1.165) is 5.56 Å². The monoisotopic (exact) mass is 527 g/mol. The fourth-order valence-corrected chi connectivity index (χ4v) is 4.18. The van der Waals surface area contributed by atoms with Gasteiger partial charge in [-0.3, -0.25) is 9.59 Å². The normalized spacial score (nSPS) is 12.3. The van der Waals surface area contributed by atoms with Crippen LogP contribution in [0.25, 0.3) is 0 Å². The lowest BCUT2D eigenvalue weighted by Gasteiger charge is -2.22. The van der Waals surface area contributed by atoms with Crippen molar-refractivity contribution in [2.75, 3.05) is 5.32 Å². The van der Waals surface area contributed by atoms with Crippen molar-refractivity contribution in [2.45, 2.75) is 10.9 Å². The topological polar surface area (TPSA) is 72.5 Å². The van der Waals surface area contributed by atoms with Gasteiger partial charge in [0, 0.05) is 16.8 Å². The number of amides is 1. The predicted octanol–water partition coefficient (Wildman–Crippen LogP) is 6.48. The lowest BCUT2D eigenvalue weighted by molar-refractivity contribution is 0.0282. The van der Waals surface area contributed by atoms with Crippen molar-refractivity contribution < 1.29 is 19.1 Å². The standard InChI is InChI=1S/C29H22BrNO4/c30-25(20-11-4-1-5-12-20)27(26(32)21-13-6-2-7-14-21)35-29(34)23-17-10-18-24(19-23)31-28(33)22-15-8-3-9-16-22/h1-19,25,27H,(H,31,33)/t25-,27-/m1/s1. The Labute approximate surface area is 211 Å². The Hall–Kier alpha value is -4.03. The number of hydrogen-bond acceptors (Lipinski definition) is 4. The van der Waals surface area contributed by atoms with Crippen molar-refractivity contribution >= 4 is 39.3 Å². The third-order valence-electron chi connectivity index (χ3n) is 5.33. The van der Waals surface area contributed by atoms with Crippen LogP contribution in [0, 0.1) is 0 Å². The van der Waals surface area contributed by atoms with Crippen LogP contribution in [-0.2, 0) is 4.74 Å². The highest BCUT2D eigenvalue weighted by Crippen LogP contribution is 2.31. The molecule has 5 nitrogen and oxygen atoms in total. The van der Waals surface area contributed by atoms with Gasteiger partial charge in [0.1, 0.15) is 0 Å². The van der Waals surface area contributed by atoms with Crippen LogP contribution in [0.2, 0.25) is 0 Å². The van der Waals surface area contributed by atoms with Gasteiger partial charge in [0.05, 0.1) is 10.4 Å². The number of esters is 1. The van der Waals surface area contributed by atoms with E-state index < -0.39 is 16.9 Å². The molecule has 0 aliphatic carbocycles. The van der Waals surface area contributed by atoms with Crippen LogP contribution in [0.15, 0.2) is 115 Å². The molecule has 0 heterocycles. The molecule has 1 N–H and O–H groups in total. The Balaban J connectivity index is 1.56. The maximum atomic E-state index is 13.3. The van der Waals surface area contributed by atoms with Gasteiger partial charge in [0.2, 0.25) is 5.78 Å². The molecular weight excluding hydrogens is 506 g/mol. The molecule has 0 spiro atoms. The third kappa shape index (κ3) is 6.11. The zero-order valence-corrected chi connectivity index (χ0v) is 20.2. The highest BCUT2D eigenvalue weighted by atomic mass is 79.9. The van der Waals surface area contributed by atoms with Gasteiger partial charge >= 0.3 is 5.97 Å². The number of anilines is 1. The SMILES string of the molecule is O=C(Nc1cccc(C(=O)O[C@@H](C(=O)c2ccccc2)[C@H](Br)c2ccccc2)c1)c1ccccc1. The summed E-state index contributed by atoms with van der Waals surface area (Å²) >= 11 is 3.57. The van der Waals surface area contributed by atoms with Crippen LogP contribution in [0.4, 0.5) is 5.69 Å². The summed E-state index contributed by atoms with van der Waals surface area (Å²) in [4.78, 5) is 38.4. The van der Waals surface area contributed by atoms with Crippen LogP contribution in [0.5, 0.6) is 0 Å². The second-order valence-corrected chi connectivity index (χ2v) is 8.76. The third-order valence-corrected chi connectivity index (χ3v) is 6.34. The molecule has 35 heavy (non-hydrogen) atoms. The molecule has 2 atom stereocenters. The van der Waals surface area contributed by atoms with E-state index in [0.29, 0.717) is 16.8 Å². The van der Waals surface area contributed by atoms with E-state index >= 15 is 0 Å². The van der Waals surface area contributed by atoms with Gasteiger partial charge in [-0.1, -0.05) is 101 Å². The van der Waals surface area contributed by atoms with Crippen LogP contribution < -0.4 is 5.32 Å². The highest BCUT2D eigenvalue weighted by Gasteiger charge is 2.32. The number of halogens is 1. The number of rotatable bonds is 8. The molecule has 0 aromatic heterocycles. The summed E-state index contributed by atoms with van der Waals surface area (Å²) in [5.74, 6) is -1.29. The molecule has 6 heteroatoms. The average molecular weight is 528 g/mol. The van der Waals surface area contributed by atoms with Crippen LogP contribution in [0.1, 0.15) is 41.5 Å². The Morgan fingerprint density at radius 1 is 0.657 bits per heavy atom. The molecule has 0 fully saturated rings. The minimum absolute atomic E-state index is 0.217. The Morgan fingerprint density at radius 2 is 1.20 bits per heavy atom. The molecule has 4 aromatic carbocycles. The summed E-state index contributed by atoms with van der Waals surface area (Å²) in [6.45, 7) is 0. The summed E-state index contributed by atoms with van der Waals surface area (Å²) in [7, 11) is 0. The van der Waals surface area contributed by atoms with E-state index in [1.807, 2.05) is 42.5 Å². The molecule has 0 saturated carbocycles. The highest BCUT2D eigenvalue weighted by molar-refractivity contribution is 9.09. The number of carbonyl (C=O) groups excluding carboxylic acids is 3. The zero-order chi connectivity index (χ0) is 24.6. The first-order valence-corrected chi connectivity index (χ1v) is 11.9. The lowest BCUT2D eigenvalue weighted by Crippen LogP contribution is -2.31. The summed E-state index contributed by atoms with van der Waals surface area (Å²) < 4.78 is 5.77. The molecule has 4 rings (SSSR count). The predicted molar refractivity (Wildman–Crippen MR) is 139 cm³/mol. The fourth-order valence-electron chi connectivity index (χ4n) is 3.52. The van der Waals surface area contributed by atoms with Gasteiger partial charge in [-0.05, 0) is 35.9 Å². The van der Waals surface area contributed by atoms with Crippen molar-refractivity contribution in [3.63, 3.8) is 0 Å². The number of Topliss-reactive ketones (excluding diaryl/α,β-unsaturated/α-hetero) is 1. The molecule has 0 aliphatic heterocycles. The maximum absolute atomic E-state index is 13.3. The largest absolute Gasteiger partial charge is 0.449 e. The van der Waals surface area contributed by atoms with Gasteiger partial charge in [0.25, 0.3) is 5.91 Å². The number of hydrogen-bond donors (Lipinski definition) is 1. The van der Waals surface area contributed by atoms with Crippen molar-refractivity contribution in [1.82, 2.24) is 0 Å².